The van der Waals surface area contributed by atoms with Crippen LogP contribution in [-0.4, -0.2) is 16.3 Å². The Kier molecular flexibility index (Phi) is 3.80. The number of nitrogens with zero attached hydrogens (tertiary/aromatic N) is 2. The molecule has 0 fully saturated rings. The molecule has 1 heterocycles. The highest BCUT2D eigenvalue weighted by Crippen LogP contribution is 2.30. The summed E-state index contributed by atoms with van der Waals surface area (Å²) in [7, 11) is 0. The van der Waals surface area contributed by atoms with Gasteiger partial charge in [-0.05, 0) is 18.2 Å². The summed E-state index contributed by atoms with van der Waals surface area (Å²) in [6.45, 7) is 0. The van der Waals surface area contributed by atoms with Gasteiger partial charge in [-0.3, -0.25) is 10.1 Å². The van der Waals surface area contributed by atoms with Crippen molar-refractivity contribution in [2.24, 2.45) is 0 Å². The number of pyridine rings is 1. The SMILES string of the molecule is O=[N+]([O-])c1cccc2ccc(-c3cccc(OC(F)(F)F)c3)nc12. The number of nitro benzene ring substituents is 1. The average molecular weight is 334 g/mol. The number of para-hydroxylation sites is 1. The van der Waals surface area contributed by atoms with Gasteiger partial charge < -0.3 is 4.74 Å². The van der Waals surface area contributed by atoms with Crippen LogP contribution in [0.1, 0.15) is 0 Å². The third-order valence-electron chi connectivity index (χ3n) is 3.26. The predicted molar refractivity (Wildman–Crippen MR) is 80.5 cm³/mol. The van der Waals surface area contributed by atoms with E-state index in [1.807, 2.05) is 0 Å². The molecule has 5 nitrogen and oxygen atoms in total. The zero-order valence-corrected chi connectivity index (χ0v) is 11.9. The molecule has 0 radical (unpaired) electrons. The molecule has 0 spiro atoms. The Morgan fingerprint density at radius 2 is 1.79 bits per heavy atom. The summed E-state index contributed by atoms with van der Waals surface area (Å²) < 4.78 is 40.8. The van der Waals surface area contributed by atoms with Crippen molar-refractivity contribution < 1.29 is 22.8 Å². The fourth-order valence-electron chi connectivity index (χ4n) is 2.29. The first-order valence-corrected chi connectivity index (χ1v) is 6.74. The minimum Gasteiger partial charge on any atom is -0.406 e. The second-order valence-electron chi connectivity index (χ2n) is 4.88. The summed E-state index contributed by atoms with van der Waals surface area (Å²) in [6, 6.07) is 13.0. The van der Waals surface area contributed by atoms with E-state index in [1.165, 1.54) is 24.3 Å². The first-order valence-electron chi connectivity index (χ1n) is 6.74. The molecule has 0 bridgehead atoms. The van der Waals surface area contributed by atoms with E-state index in [4.69, 9.17) is 0 Å². The summed E-state index contributed by atoms with van der Waals surface area (Å²) in [6.07, 6.45) is -4.80. The number of rotatable bonds is 3. The number of alkyl halides is 3. The Morgan fingerprint density at radius 1 is 1.04 bits per heavy atom. The summed E-state index contributed by atoms with van der Waals surface area (Å²) in [5.41, 5.74) is 0.667. The monoisotopic (exact) mass is 334 g/mol. The molecule has 2 aromatic carbocycles. The number of halogens is 3. The van der Waals surface area contributed by atoms with Gasteiger partial charge in [0.25, 0.3) is 5.69 Å². The zero-order chi connectivity index (χ0) is 17.3. The van der Waals surface area contributed by atoms with Gasteiger partial charge in [0, 0.05) is 17.0 Å². The van der Waals surface area contributed by atoms with Crippen LogP contribution >= 0.6 is 0 Å². The van der Waals surface area contributed by atoms with Gasteiger partial charge in [-0.25, -0.2) is 4.98 Å². The number of benzene rings is 2. The van der Waals surface area contributed by atoms with Crippen LogP contribution in [0.25, 0.3) is 22.2 Å². The molecule has 122 valence electrons. The number of hydrogen-bond donors (Lipinski definition) is 0. The minimum atomic E-state index is -4.80. The molecule has 3 rings (SSSR count). The summed E-state index contributed by atoms with van der Waals surface area (Å²) >= 11 is 0. The quantitative estimate of drug-likeness (QED) is 0.514. The van der Waals surface area contributed by atoms with Crippen molar-refractivity contribution in [3.63, 3.8) is 0 Å². The van der Waals surface area contributed by atoms with Crippen molar-refractivity contribution in [2.75, 3.05) is 0 Å². The second kappa shape index (κ2) is 5.80. The van der Waals surface area contributed by atoms with E-state index < -0.39 is 11.3 Å². The van der Waals surface area contributed by atoms with E-state index in [2.05, 4.69) is 9.72 Å². The van der Waals surface area contributed by atoms with Crippen LogP contribution in [0.5, 0.6) is 5.75 Å². The molecule has 0 unspecified atom stereocenters. The fourth-order valence-corrected chi connectivity index (χ4v) is 2.29. The van der Waals surface area contributed by atoms with Gasteiger partial charge in [0.1, 0.15) is 11.3 Å². The number of non-ortho nitro benzene ring substituents is 1. The maximum atomic E-state index is 12.3. The van der Waals surface area contributed by atoms with Crippen LogP contribution in [0.4, 0.5) is 18.9 Å². The van der Waals surface area contributed by atoms with Gasteiger partial charge in [-0.1, -0.05) is 30.3 Å². The molecule has 1 aromatic heterocycles. The Hall–Kier alpha value is -3.16. The van der Waals surface area contributed by atoms with Gasteiger partial charge in [0.2, 0.25) is 0 Å². The van der Waals surface area contributed by atoms with Crippen LogP contribution in [-0.2, 0) is 0 Å². The maximum absolute atomic E-state index is 12.3. The average Bonchev–Trinajstić information content (AvgIpc) is 2.52. The summed E-state index contributed by atoms with van der Waals surface area (Å²) in [4.78, 5) is 14.8. The van der Waals surface area contributed by atoms with Crippen molar-refractivity contribution in [2.45, 2.75) is 6.36 Å². The van der Waals surface area contributed by atoms with E-state index in [0.29, 0.717) is 16.6 Å². The van der Waals surface area contributed by atoms with Gasteiger partial charge in [-0.2, -0.15) is 0 Å². The van der Waals surface area contributed by atoms with Crippen molar-refractivity contribution in [3.05, 3.63) is 64.7 Å². The number of ether oxygens (including phenoxy) is 1. The van der Waals surface area contributed by atoms with Crippen molar-refractivity contribution in [3.8, 4) is 17.0 Å². The molecule has 0 amide bonds. The Morgan fingerprint density at radius 3 is 2.50 bits per heavy atom. The fraction of sp³-hybridized carbons (Fsp3) is 0.0625. The highest BCUT2D eigenvalue weighted by molar-refractivity contribution is 5.89. The smallest absolute Gasteiger partial charge is 0.406 e. The Labute approximate surface area is 133 Å². The molecular weight excluding hydrogens is 325 g/mol. The molecule has 0 aliphatic carbocycles. The first kappa shape index (κ1) is 15.7. The molecule has 0 N–H and O–H groups in total. The summed E-state index contributed by atoms with van der Waals surface area (Å²) in [5, 5.41) is 11.7. The lowest BCUT2D eigenvalue weighted by molar-refractivity contribution is -0.383. The molecular formula is C16H9F3N2O3. The van der Waals surface area contributed by atoms with E-state index in [1.54, 1.807) is 30.3 Å². The van der Waals surface area contributed by atoms with Crippen LogP contribution in [0.3, 0.4) is 0 Å². The highest BCUT2D eigenvalue weighted by atomic mass is 19.4. The first-order chi connectivity index (χ1) is 11.3. The van der Waals surface area contributed by atoms with E-state index in [9.17, 15) is 23.3 Å². The van der Waals surface area contributed by atoms with E-state index in [-0.39, 0.29) is 17.0 Å². The lowest BCUT2D eigenvalue weighted by Crippen LogP contribution is -2.17. The number of aromatic nitrogens is 1. The normalized spacial score (nSPS) is 11.5. The van der Waals surface area contributed by atoms with Crippen LogP contribution in [0, 0.1) is 10.1 Å². The second-order valence-corrected chi connectivity index (χ2v) is 4.88. The molecule has 24 heavy (non-hydrogen) atoms. The van der Waals surface area contributed by atoms with Crippen molar-refractivity contribution in [1.29, 1.82) is 0 Å². The summed E-state index contributed by atoms with van der Waals surface area (Å²) in [5.74, 6) is -0.385. The number of hydrogen-bond acceptors (Lipinski definition) is 4. The van der Waals surface area contributed by atoms with Crippen molar-refractivity contribution >= 4 is 16.6 Å². The molecule has 0 atom stereocenters. The third-order valence-corrected chi connectivity index (χ3v) is 3.26. The molecule has 0 saturated carbocycles. The van der Waals surface area contributed by atoms with E-state index >= 15 is 0 Å². The molecule has 8 heteroatoms. The topological polar surface area (TPSA) is 65.3 Å². The van der Waals surface area contributed by atoms with Gasteiger partial charge in [0.15, 0.2) is 0 Å². The highest BCUT2D eigenvalue weighted by Gasteiger charge is 2.31. The molecule has 0 aliphatic heterocycles. The van der Waals surface area contributed by atoms with Gasteiger partial charge in [0.05, 0.1) is 10.6 Å². The standard InChI is InChI=1S/C16H9F3N2O3/c17-16(18,19)24-12-5-1-4-11(9-12)13-8-7-10-3-2-6-14(21(22)23)15(10)20-13/h1-9H. The van der Waals surface area contributed by atoms with Crippen molar-refractivity contribution in [1.82, 2.24) is 4.98 Å². The number of fused-ring (bicyclic) bond motifs is 1. The largest absolute Gasteiger partial charge is 0.573 e. The zero-order valence-electron chi connectivity index (χ0n) is 11.9. The molecule has 3 aromatic rings. The molecule has 0 aliphatic rings. The minimum absolute atomic E-state index is 0.169. The number of nitro groups is 1. The van der Waals surface area contributed by atoms with Gasteiger partial charge in [-0.15, -0.1) is 13.2 Å². The van der Waals surface area contributed by atoms with Crippen LogP contribution < -0.4 is 4.74 Å². The van der Waals surface area contributed by atoms with E-state index in [0.717, 1.165) is 0 Å². The Bertz CT molecular complexity index is 926. The molecule has 0 saturated heterocycles. The maximum Gasteiger partial charge on any atom is 0.573 e. The lowest BCUT2D eigenvalue weighted by atomic mass is 10.1. The van der Waals surface area contributed by atoms with Gasteiger partial charge >= 0.3 is 6.36 Å². The third kappa shape index (κ3) is 3.27. The lowest BCUT2D eigenvalue weighted by Gasteiger charge is -2.10. The Balaban J connectivity index is 2.08. The predicted octanol–water partition coefficient (Wildman–Crippen LogP) is 4.71. The van der Waals surface area contributed by atoms with Crippen LogP contribution in [0.15, 0.2) is 54.6 Å². The van der Waals surface area contributed by atoms with Crippen LogP contribution in [0.2, 0.25) is 0 Å².